The van der Waals surface area contributed by atoms with Gasteiger partial charge in [0.2, 0.25) is 5.89 Å². The van der Waals surface area contributed by atoms with Gasteiger partial charge in [0.15, 0.2) is 5.58 Å². The van der Waals surface area contributed by atoms with Crippen molar-refractivity contribution >= 4 is 23.0 Å². The minimum Gasteiger partial charge on any atom is -0.468 e. The van der Waals surface area contributed by atoms with E-state index in [1.54, 1.807) is 11.0 Å². The average Bonchev–Trinajstić information content (AvgIpc) is 2.88. The van der Waals surface area contributed by atoms with Gasteiger partial charge in [-0.1, -0.05) is 12.1 Å². The quantitative estimate of drug-likeness (QED) is 0.734. The van der Waals surface area contributed by atoms with Gasteiger partial charge in [-0.2, -0.15) is 0 Å². The van der Waals surface area contributed by atoms with E-state index in [0.29, 0.717) is 11.5 Å². The summed E-state index contributed by atoms with van der Waals surface area (Å²) in [5, 5.41) is 0. The summed E-state index contributed by atoms with van der Waals surface area (Å²) in [6, 6.07) is 7.33. The molecule has 0 atom stereocenters. The first-order valence-electron chi connectivity index (χ1n) is 6.33. The fourth-order valence-corrected chi connectivity index (χ4v) is 1.84. The maximum absolute atomic E-state index is 11.4. The van der Waals surface area contributed by atoms with Crippen molar-refractivity contribution in [1.29, 1.82) is 0 Å². The third-order valence-corrected chi connectivity index (χ3v) is 2.86. The summed E-state index contributed by atoms with van der Waals surface area (Å²) in [7, 11) is 2.58. The number of hydrogen-bond donors (Lipinski definition) is 0. The van der Waals surface area contributed by atoms with Crippen LogP contribution in [-0.4, -0.2) is 49.1 Å². The topological polar surface area (TPSA) is 81.9 Å². The molecule has 112 valence electrons. The van der Waals surface area contributed by atoms with Gasteiger partial charge in [0.1, 0.15) is 5.52 Å². The molecule has 7 nitrogen and oxygen atoms in total. The van der Waals surface area contributed by atoms with Gasteiger partial charge in [0.25, 0.3) is 0 Å². The Bertz CT molecular complexity index is 586. The number of hydrogen-bond acceptors (Lipinski definition) is 7. The zero-order valence-electron chi connectivity index (χ0n) is 11.9. The monoisotopic (exact) mass is 292 g/mol. The summed E-state index contributed by atoms with van der Waals surface area (Å²) >= 11 is 0. The van der Waals surface area contributed by atoms with Gasteiger partial charge in [-0.3, -0.25) is 14.5 Å². The van der Waals surface area contributed by atoms with Gasteiger partial charge in [0.05, 0.1) is 33.9 Å². The van der Waals surface area contributed by atoms with Crippen LogP contribution < -0.4 is 0 Å². The fraction of sp³-hybridized carbons (Fsp3) is 0.357. The van der Waals surface area contributed by atoms with Crippen molar-refractivity contribution in [2.24, 2.45) is 0 Å². The third-order valence-electron chi connectivity index (χ3n) is 2.86. The van der Waals surface area contributed by atoms with Gasteiger partial charge >= 0.3 is 11.9 Å². The van der Waals surface area contributed by atoms with Crippen molar-refractivity contribution in [3.63, 3.8) is 0 Å². The van der Waals surface area contributed by atoms with Crippen LogP contribution in [0.2, 0.25) is 0 Å². The van der Waals surface area contributed by atoms with E-state index in [1.165, 1.54) is 14.2 Å². The van der Waals surface area contributed by atoms with Crippen LogP contribution in [0.1, 0.15) is 5.89 Å². The first-order chi connectivity index (χ1) is 10.1. The molecule has 1 heterocycles. The van der Waals surface area contributed by atoms with E-state index in [9.17, 15) is 9.59 Å². The highest BCUT2D eigenvalue weighted by atomic mass is 16.5. The lowest BCUT2D eigenvalue weighted by Gasteiger charge is -2.17. The van der Waals surface area contributed by atoms with Crippen molar-refractivity contribution < 1.29 is 23.5 Å². The number of carbonyl (C=O) groups is 2. The molecule has 0 unspecified atom stereocenters. The molecule has 0 spiro atoms. The van der Waals surface area contributed by atoms with E-state index >= 15 is 0 Å². The van der Waals surface area contributed by atoms with Crippen LogP contribution >= 0.6 is 0 Å². The van der Waals surface area contributed by atoms with Gasteiger partial charge in [-0.05, 0) is 12.1 Å². The molecule has 0 aliphatic heterocycles. The van der Waals surface area contributed by atoms with E-state index < -0.39 is 11.9 Å². The largest absolute Gasteiger partial charge is 0.468 e. The zero-order chi connectivity index (χ0) is 15.2. The molecule has 1 aromatic carbocycles. The molecule has 0 bridgehead atoms. The van der Waals surface area contributed by atoms with Crippen molar-refractivity contribution in [2.45, 2.75) is 6.54 Å². The van der Waals surface area contributed by atoms with Gasteiger partial charge < -0.3 is 13.9 Å². The number of carbonyl (C=O) groups excluding carboxylic acids is 2. The Hall–Kier alpha value is -2.41. The second-order valence-corrected chi connectivity index (χ2v) is 4.37. The molecular formula is C14H16N2O5. The molecule has 0 saturated heterocycles. The van der Waals surface area contributed by atoms with Crippen LogP contribution in [0.15, 0.2) is 28.7 Å². The Morgan fingerprint density at radius 1 is 1.14 bits per heavy atom. The Kier molecular flexibility index (Phi) is 4.89. The Balaban J connectivity index is 2.12. The van der Waals surface area contributed by atoms with Gasteiger partial charge in [-0.25, -0.2) is 4.98 Å². The molecule has 2 aromatic rings. The lowest BCUT2D eigenvalue weighted by molar-refractivity contribution is -0.145. The molecule has 0 radical (unpaired) electrons. The molecule has 7 heteroatoms. The Morgan fingerprint density at radius 2 is 1.76 bits per heavy atom. The molecule has 0 aliphatic carbocycles. The lowest BCUT2D eigenvalue weighted by Crippen LogP contribution is -2.35. The van der Waals surface area contributed by atoms with Crippen LogP contribution in [0.4, 0.5) is 0 Å². The predicted molar refractivity (Wildman–Crippen MR) is 73.3 cm³/mol. The number of methoxy groups -OCH3 is 2. The second kappa shape index (κ2) is 6.85. The Labute approximate surface area is 121 Å². The molecule has 0 amide bonds. The number of aromatic nitrogens is 1. The van der Waals surface area contributed by atoms with Crippen LogP contribution in [0.3, 0.4) is 0 Å². The molecule has 21 heavy (non-hydrogen) atoms. The van der Waals surface area contributed by atoms with E-state index in [1.807, 2.05) is 18.2 Å². The van der Waals surface area contributed by atoms with Gasteiger partial charge in [0, 0.05) is 0 Å². The summed E-state index contributed by atoms with van der Waals surface area (Å²) in [6.07, 6.45) is 0. The second-order valence-electron chi connectivity index (χ2n) is 4.37. The number of fused-ring (bicyclic) bond motifs is 1. The molecule has 1 aromatic heterocycles. The number of ether oxygens (including phenoxy) is 2. The number of nitrogens with zero attached hydrogens (tertiary/aromatic N) is 2. The van der Waals surface area contributed by atoms with Gasteiger partial charge in [-0.15, -0.1) is 0 Å². The summed E-state index contributed by atoms with van der Waals surface area (Å²) in [5.74, 6) is -0.478. The number of esters is 2. The van der Waals surface area contributed by atoms with Crippen LogP contribution in [-0.2, 0) is 25.6 Å². The van der Waals surface area contributed by atoms with E-state index in [0.717, 1.165) is 5.52 Å². The number of para-hydroxylation sites is 2. The SMILES string of the molecule is COC(=O)CN(CC(=O)OC)Cc1nc2ccccc2o1. The van der Waals surface area contributed by atoms with Crippen molar-refractivity contribution in [3.05, 3.63) is 30.2 Å². The van der Waals surface area contributed by atoms with E-state index in [2.05, 4.69) is 14.5 Å². The predicted octanol–water partition coefficient (Wildman–Crippen LogP) is 0.976. The van der Waals surface area contributed by atoms with Crippen molar-refractivity contribution in [3.8, 4) is 0 Å². The highest BCUT2D eigenvalue weighted by molar-refractivity contribution is 5.75. The lowest BCUT2D eigenvalue weighted by atomic mass is 10.3. The first-order valence-corrected chi connectivity index (χ1v) is 6.33. The highest BCUT2D eigenvalue weighted by Gasteiger charge is 2.18. The van der Waals surface area contributed by atoms with Crippen LogP contribution in [0.25, 0.3) is 11.1 Å². The molecule has 0 saturated carbocycles. The standard InChI is InChI=1S/C14H16N2O5/c1-19-13(17)8-16(9-14(18)20-2)7-12-15-10-5-3-4-6-11(10)21-12/h3-6H,7-9H2,1-2H3. The average molecular weight is 292 g/mol. The first kappa shape index (κ1) is 15.0. The molecule has 2 rings (SSSR count). The van der Waals surface area contributed by atoms with Crippen LogP contribution in [0.5, 0.6) is 0 Å². The summed E-state index contributed by atoms with van der Waals surface area (Å²) in [6.45, 7) is 0.105. The zero-order valence-corrected chi connectivity index (χ0v) is 11.9. The van der Waals surface area contributed by atoms with Crippen LogP contribution in [0, 0.1) is 0 Å². The number of rotatable bonds is 6. The minimum absolute atomic E-state index is 0.0513. The van der Waals surface area contributed by atoms with Crippen molar-refractivity contribution in [1.82, 2.24) is 9.88 Å². The normalized spacial score (nSPS) is 10.8. The summed E-state index contributed by atoms with van der Waals surface area (Å²) in [5.41, 5.74) is 1.38. The highest BCUT2D eigenvalue weighted by Crippen LogP contribution is 2.16. The summed E-state index contributed by atoms with van der Waals surface area (Å²) in [4.78, 5) is 28.6. The molecule has 0 fully saturated rings. The fourth-order valence-electron chi connectivity index (χ4n) is 1.84. The maximum Gasteiger partial charge on any atom is 0.319 e. The maximum atomic E-state index is 11.4. The number of benzene rings is 1. The van der Waals surface area contributed by atoms with E-state index in [4.69, 9.17) is 4.42 Å². The van der Waals surface area contributed by atoms with Crippen molar-refractivity contribution in [2.75, 3.05) is 27.3 Å². The summed E-state index contributed by atoms with van der Waals surface area (Å²) < 4.78 is 14.8. The molecule has 0 N–H and O–H groups in total. The smallest absolute Gasteiger partial charge is 0.319 e. The molecular weight excluding hydrogens is 276 g/mol. The minimum atomic E-state index is -0.449. The third kappa shape index (κ3) is 4.03. The Morgan fingerprint density at radius 3 is 2.33 bits per heavy atom. The molecule has 0 aliphatic rings. The van der Waals surface area contributed by atoms with E-state index in [-0.39, 0.29) is 19.6 Å². The number of oxazole rings is 1.